The minimum atomic E-state index is -3.64. The number of halogens is 2. The molecule has 3 N–H and O–H groups in total. The zero-order valence-electron chi connectivity index (χ0n) is 10.3. The SMILES string of the molecule is NC1(CNS(=O)(=O)c2cc(Cl)sc2Cl)CCCCC1. The number of rotatable bonds is 4. The van der Waals surface area contributed by atoms with E-state index in [-0.39, 0.29) is 15.8 Å². The number of hydrogen-bond acceptors (Lipinski definition) is 4. The van der Waals surface area contributed by atoms with Crippen molar-refractivity contribution in [3.8, 4) is 0 Å². The molecule has 0 radical (unpaired) electrons. The molecule has 1 aliphatic rings. The molecule has 0 atom stereocenters. The second-order valence-corrected chi connectivity index (χ2v) is 8.96. The average molecular weight is 343 g/mol. The summed E-state index contributed by atoms with van der Waals surface area (Å²) in [5, 5.41) is 0. The topological polar surface area (TPSA) is 72.2 Å². The molecule has 0 aliphatic heterocycles. The van der Waals surface area contributed by atoms with E-state index in [0.29, 0.717) is 4.34 Å². The summed E-state index contributed by atoms with van der Waals surface area (Å²) in [6, 6.07) is 1.36. The Morgan fingerprint density at radius 3 is 2.47 bits per heavy atom. The van der Waals surface area contributed by atoms with Gasteiger partial charge in [0.05, 0.1) is 4.34 Å². The van der Waals surface area contributed by atoms with E-state index in [1.165, 1.54) is 6.07 Å². The first-order valence-electron chi connectivity index (χ1n) is 6.06. The smallest absolute Gasteiger partial charge is 0.243 e. The molecule has 1 aromatic heterocycles. The Kier molecular flexibility index (Phi) is 4.80. The number of nitrogens with two attached hydrogens (primary N) is 1. The summed E-state index contributed by atoms with van der Waals surface area (Å²) in [4.78, 5) is 0.0311. The second kappa shape index (κ2) is 5.87. The summed E-state index contributed by atoms with van der Waals surface area (Å²) in [6.07, 6.45) is 4.94. The summed E-state index contributed by atoms with van der Waals surface area (Å²) in [5.74, 6) is 0. The normalized spacial score (nSPS) is 19.5. The minimum Gasteiger partial charge on any atom is -0.324 e. The standard InChI is InChI=1S/C11H16Cl2N2O2S2/c12-9-6-8(10(13)18-9)19(16,17)15-7-11(14)4-2-1-3-5-11/h6,15H,1-5,7,14H2. The van der Waals surface area contributed by atoms with Crippen LogP contribution < -0.4 is 10.5 Å². The largest absolute Gasteiger partial charge is 0.324 e. The molecule has 0 amide bonds. The van der Waals surface area contributed by atoms with Gasteiger partial charge in [0.15, 0.2) is 0 Å². The lowest BCUT2D eigenvalue weighted by molar-refractivity contribution is 0.296. The van der Waals surface area contributed by atoms with Crippen LogP contribution in [0.25, 0.3) is 0 Å². The van der Waals surface area contributed by atoms with Crippen LogP contribution in [-0.4, -0.2) is 20.5 Å². The number of sulfonamides is 1. The molecule has 0 saturated heterocycles. The van der Waals surface area contributed by atoms with Crippen molar-refractivity contribution in [2.45, 2.75) is 42.5 Å². The first kappa shape index (κ1) is 15.5. The summed E-state index contributed by atoms with van der Waals surface area (Å²) >= 11 is 12.7. The molecular weight excluding hydrogens is 327 g/mol. The van der Waals surface area contributed by atoms with Gasteiger partial charge in [-0.1, -0.05) is 42.5 Å². The van der Waals surface area contributed by atoms with Crippen molar-refractivity contribution in [2.24, 2.45) is 5.73 Å². The molecule has 1 heterocycles. The van der Waals surface area contributed by atoms with Gasteiger partial charge in [-0.2, -0.15) is 0 Å². The predicted molar refractivity (Wildman–Crippen MR) is 79.5 cm³/mol. The first-order valence-corrected chi connectivity index (χ1v) is 9.11. The molecule has 0 aromatic carbocycles. The molecule has 0 spiro atoms. The quantitative estimate of drug-likeness (QED) is 0.883. The number of thiophene rings is 1. The monoisotopic (exact) mass is 342 g/mol. The van der Waals surface area contributed by atoms with Crippen LogP contribution in [0.2, 0.25) is 8.67 Å². The highest BCUT2D eigenvalue weighted by molar-refractivity contribution is 7.89. The Balaban J connectivity index is 2.07. The lowest BCUT2D eigenvalue weighted by Crippen LogP contribution is -2.51. The molecule has 1 saturated carbocycles. The van der Waals surface area contributed by atoms with Crippen LogP contribution in [-0.2, 0) is 10.0 Å². The van der Waals surface area contributed by atoms with Crippen molar-refractivity contribution < 1.29 is 8.42 Å². The van der Waals surface area contributed by atoms with Gasteiger partial charge in [-0.3, -0.25) is 0 Å². The van der Waals surface area contributed by atoms with Gasteiger partial charge in [0.2, 0.25) is 10.0 Å². The molecule has 1 aliphatic carbocycles. The summed E-state index contributed by atoms with van der Waals surface area (Å²) in [5.41, 5.74) is 5.76. The molecule has 1 fully saturated rings. The summed E-state index contributed by atoms with van der Waals surface area (Å²) in [7, 11) is -3.64. The van der Waals surface area contributed by atoms with E-state index in [1.807, 2.05) is 0 Å². The lowest BCUT2D eigenvalue weighted by atomic mass is 9.83. The predicted octanol–water partition coefficient (Wildman–Crippen LogP) is 2.99. The maximum absolute atomic E-state index is 12.1. The summed E-state index contributed by atoms with van der Waals surface area (Å²) < 4.78 is 27.4. The Morgan fingerprint density at radius 1 is 1.32 bits per heavy atom. The van der Waals surface area contributed by atoms with Crippen molar-refractivity contribution >= 4 is 44.6 Å². The van der Waals surface area contributed by atoms with Gasteiger partial charge in [-0.25, -0.2) is 13.1 Å². The van der Waals surface area contributed by atoms with Crippen LogP contribution in [0.3, 0.4) is 0 Å². The van der Waals surface area contributed by atoms with Crippen molar-refractivity contribution in [1.29, 1.82) is 0 Å². The van der Waals surface area contributed by atoms with E-state index < -0.39 is 15.6 Å². The van der Waals surface area contributed by atoms with Gasteiger partial charge in [0.1, 0.15) is 9.23 Å². The second-order valence-electron chi connectivity index (χ2n) is 4.94. The number of nitrogens with one attached hydrogen (secondary N) is 1. The van der Waals surface area contributed by atoms with Crippen LogP contribution in [0.1, 0.15) is 32.1 Å². The number of hydrogen-bond donors (Lipinski definition) is 2. The van der Waals surface area contributed by atoms with Crippen molar-refractivity contribution in [2.75, 3.05) is 6.54 Å². The Hall–Kier alpha value is 0.150. The summed E-state index contributed by atoms with van der Waals surface area (Å²) in [6.45, 7) is 0.235. The lowest BCUT2D eigenvalue weighted by Gasteiger charge is -2.33. The molecular formula is C11H16Cl2N2O2S2. The first-order chi connectivity index (χ1) is 8.82. The Bertz CT molecular complexity index is 551. The fourth-order valence-corrected chi connectivity index (χ4v) is 5.54. The molecule has 0 unspecified atom stereocenters. The van der Waals surface area contributed by atoms with Gasteiger partial charge < -0.3 is 5.73 Å². The van der Waals surface area contributed by atoms with Crippen molar-refractivity contribution in [1.82, 2.24) is 4.72 Å². The van der Waals surface area contributed by atoms with Gasteiger partial charge in [0, 0.05) is 12.1 Å². The average Bonchev–Trinajstić information content (AvgIpc) is 2.68. The van der Waals surface area contributed by atoms with Gasteiger partial charge in [-0.05, 0) is 18.9 Å². The third-order valence-electron chi connectivity index (χ3n) is 3.38. The highest BCUT2D eigenvalue weighted by Gasteiger charge is 2.30. The molecule has 4 nitrogen and oxygen atoms in total. The van der Waals surface area contributed by atoms with E-state index in [9.17, 15) is 8.42 Å². The van der Waals surface area contributed by atoms with E-state index in [1.54, 1.807) is 0 Å². The third kappa shape index (κ3) is 3.83. The molecule has 2 rings (SSSR count). The van der Waals surface area contributed by atoms with E-state index in [2.05, 4.69) is 4.72 Å². The fourth-order valence-electron chi connectivity index (χ4n) is 2.26. The van der Waals surface area contributed by atoms with Gasteiger partial charge in [0.25, 0.3) is 0 Å². The van der Waals surface area contributed by atoms with Crippen LogP contribution >= 0.6 is 34.5 Å². The highest BCUT2D eigenvalue weighted by atomic mass is 35.5. The maximum atomic E-state index is 12.1. The van der Waals surface area contributed by atoms with Gasteiger partial charge in [-0.15, -0.1) is 11.3 Å². The van der Waals surface area contributed by atoms with E-state index in [4.69, 9.17) is 28.9 Å². The minimum absolute atomic E-state index is 0.0311. The van der Waals surface area contributed by atoms with Crippen LogP contribution in [0.15, 0.2) is 11.0 Å². The van der Waals surface area contributed by atoms with E-state index >= 15 is 0 Å². The third-order valence-corrected chi connectivity index (χ3v) is 6.53. The molecule has 0 bridgehead atoms. The van der Waals surface area contributed by atoms with Crippen LogP contribution in [0.4, 0.5) is 0 Å². The van der Waals surface area contributed by atoms with Crippen molar-refractivity contribution in [3.63, 3.8) is 0 Å². The Labute approximate surface area is 127 Å². The highest BCUT2D eigenvalue weighted by Crippen LogP contribution is 2.34. The van der Waals surface area contributed by atoms with Gasteiger partial charge >= 0.3 is 0 Å². The zero-order chi connectivity index (χ0) is 14.1. The fraction of sp³-hybridized carbons (Fsp3) is 0.636. The molecule has 108 valence electrons. The molecule has 19 heavy (non-hydrogen) atoms. The maximum Gasteiger partial charge on any atom is 0.243 e. The Morgan fingerprint density at radius 2 is 1.95 bits per heavy atom. The molecule has 8 heteroatoms. The van der Waals surface area contributed by atoms with E-state index in [0.717, 1.165) is 43.4 Å². The zero-order valence-corrected chi connectivity index (χ0v) is 13.4. The molecule has 1 aromatic rings. The van der Waals surface area contributed by atoms with Crippen LogP contribution in [0.5, 0.6) is 0 Å². The van der Waals surface area contributed by atoms with Crippen molar-refractivity contribution in [3.05, 3.63) is 14.7 Å². The van der Waals surface area contributed by atoms with Crippen LogP contribution in [0, 0.1) is 0 Å².